The Balaban J connectivity index is 0.000000193. The lowest BCUT2D eigenvalue weighted by Gasteiger charge is -2.13. The van der Waals surface area contributed by atoms with Crippen molar-refractivity contribution in [3.05, 3.63) is 129 Å². The lowest BCUT2D eigenvalue weighted by atomic mass is 10.0. The predicted molar refractivity (Wildman–Crippen MR) is 213 cm³/mol. The van der Waals surface area contributed by atoms with E-state index in [1.54, 1.807) is 62.2 Å². The van der Waals surface area contributed by atoms with Crippen LogP contribution in [-0.2, 0) is 16.0 Å². The summed E-state index contributed by atoms with van der Waals surface area (Å²) in [4.78, 5) is 37.2. The molecule has 0 saturated carbocycles. The van der Waals surface area contributed by atoms with Crippen LogP contribution in [0.2, 0.25) is 0 Å². The van der Waals surface area contributed by atoms with Gasteiger partial charge in [-0.2, -0.15) is 0 Å². The van der Waals surface area contributed by atoms with Crippen LogP contribution in [0.15, 0.2) is 106 Å². The first-order valence-electron chi connectivity index (χ1n) is 16.9. The van der Waals surface area contributed by atoms with Gasteiger partial charge in [-0.1, -0.05) is 50.1 Å². The molecule has 0 aliphatic carbocycles. The molecule has 7 rings (SSSR count). The molecule has 0 fully saturated rings. The van der Waals surface area contributed by atoms with Crippen molar-refractivity contribution >= 4 is 65.6 Å². The lowest BCUT2D eigenvalue weighted by Crippen LogP contribution is -2.14. The number of halogens is 3. The average molecular weight is 859 g/mol. The average Bonchev–Trinajstić information content (AvgIpc) is 3.71. The summed E-state index contributed by atoms with van der Waals surface area (Å²) in [5, 5.41) is 1.70. The number of pyridine rings is 2. The first kappa shape index (κ1) is 38.2. The highest BCUT2D eigenvalue weighted by atomic mass is 79.9. The summed E-state index contributed by atoms with van der Waals surface area (Å²) in [6.45, 7) is 4.22. The van der Waals surface area contributed by atoms with E-state index in [-0.39, 0.29) is 19.0 Å². The maximum atomic E-state index is 14.5. The van der Waals surface area contributed by atoms with Crippen molar-refractivity contribution in [3.63, 3.8) is 0 Å². The highest BCUT2D eigenvalue weighted by Gasteiger charge is 2.28. The van der Waals surface area contributed by atoms with Crippen molar-refractivity contribution in [1.29, 1.82) is 0 Å². The smallest absolute Gasteiger partial charge is 0.355 e. The van der Waals surface area contributed by atoms with Crippen LogP contribution in [0, 0.1) is 5.82 Å². The maximum absolute atomic E-state index is 14.5. The van der Waals surface area contributed by atoms with E-state index >= 15 is 0 Å². The second-order valence-corrected chi connectivity index (χ2v) is 13.5. The molecule has 0 aliphatic heterocycles. The van der Waals surface area contributed by atoms with Crippen molar-refractivity contribution < 1.29 is 32.9 Å². The number of H-pyrrole nitrogens is 1. The Morgan fingerprint density at radius 1 is 0.741 bits per heavy atom. The van der Waals surface area contributed by atoms with E-state index in [9.17, 15) is 14.0 Å². The van der Waals surface area contributed by atoms with E-state index in [0.29, 0.717) is 46.4 Å². The summed E-state index contributed by atoms with van der Waals surface area (Å²) >= 11 is 7.00. The quantitative estimate of drug-likeness (QED) is 0.135. The van der Waals surface area contributed by atoms with E-state index in [1.165, 1.54) is 13.2 Å². The molecular formula is C41H35Br2FN4O6. The van der Waals surface area contributed by atoms with Gasteiger partial charge < -0.3 is 28.5 Å². The zero-order valence-corrected chi connectivity index (χ0v) is 33.0. The minimum atomic E-state index is -0.493. The van der Waals surface area contributed by atoms with Crippen LogP contribution in [0.25, 0.3) is 44.1 Å². The molecule has 0 unspecified atom stereocenters. The minimum absolute atomic E-state index is 0.168. The molecule has 7 aromatic rings. The first-order valence-corrected chi connectivity index (χ1v) is 18.5. The Kier molecular flexibility index (Phi) is 12.1. The normalized spacial score (nSPS) is 10.9. The highest BCUT2D eigenvalue weighted by Crippen LogP contribution is 2.41. The molecule has 0 atom stereocenters. The number of methoxy groups -OCH3 is 2. The number of carbonyl (C=O) groups excluding carboxylic acids is 2. The number of hydrogen-bond acceptors (Lipinski definition) is 8. The van der Waals surface area contributed by atoms with Gasteiger partial charge in [-0.3, -0.25) is 0 Å². The summed E-state index contributed by atoms with van der Waals surface area (Å²) in [6.07, 6.45) is 3.28. The summed E-state index contributed by atoms with van der Waals surface area (Å²) < 4.78 is 39.5. The van der Waals surface area contributed by atoms with Gasteiger partial charge in [0.1, 0.15) is 17.2 Å². The summed E-state index contributed by atoms with van der Waals surface area (Å²) in [7, 11) is 3.09. The zero-order chi connectivity index (χ0) is 38.4. The molecule has 0 saturated heterocycles. The largest absolute Gasteiger partial charge is 0.481 e. The van der Waals surface area contributed by atoms with Crippen LogP contribution in [0.5, 0.6) is 11.8 Å². The Morgan fingerprint density at radius 2 is 1.33 bits per heavy atom. The van der Waals surface area contributed by atoms with Crippen LogP contribution < -0.4 is 9.47 Å². The van der Waals surface area contributed by atoms with Crippen LogP contribution in [-0.4, -0.2) is 58.9 Å². The van der Waals surface area contributed by atoms with Gasteiger partial charge >= 0.3 is 11.9 Å². The molecule has 54 heavy (non-hydrogen) atoms. The van der Waals surface area contributed by atoms with Crippen molar-refractivity contribution in [2.75, 3.05) is 27.4 Å². The Labute approximate surface area is 327 Å². The molecule has 10 nitrogen and oxygen atoms in total. The summed E-state index contributed by atoms with van der Waals surface area (Å²) in [5.74, 6) is -0.388. The molecule has 1 N–H and O–H groups in total. The molecule has 4 aromatic heterocycles. The first-order chi connectivity index (χ1) is 26.2. The van der Waals surface area contributed by atoms with Gasteiger partial charge in [0, 0.05) is 71.0 Å². The number of hydrogen-bond donors (Lipinski definition) is 1. The number of rotatable bonds is 10. The number of nitrogens with zero attached hydrogens (tertiary/aromatic N) is 3. The highest BCUT2D eigenvalue weighted by molar-refractivity contribution is 9.10. The molecule has 3 aromatic carbocycles. The van der Waals surface area contributed by atoms with Crippen molar-refractivity contribution in [2.24, 2.45) is 0 Å². The van der Waals surface area contributed by atoms with Gasteiger partial charge in [-0.25, -0.2) is 23.9 Å². The topological polar surface area (TPSA) is 118 Å². The van der Waals surface area contributed by atoms with E-state index in [0.717, 1.165) is 41.9 Å². The fraction of sp³-hybridized carbons (Fsp3) is 0.171. The third-order valence-corrected chi connectivity index (χ3v) is 9.47. The van der Waals surface area contributed by atoms with Crippen LogP contribution in [0.1, 0.15) is 40.4 Å². The molecule has 0 amide bonds. The van der Waals surface area contributed by atoms with E-state index < -0.39 is 11.9 Å². The Morgan fingerprint density at radius 3 is 1.96 bits per heavy atom. The van der Waals surface area contributed by atoms with Gasteiger partial charge in [0.25, 0.3) is 0 Å². The molecule has 0 radical (unpaired) electrons. The number of benzene rings is 3. The molecule has 276 valence electrons. The summed E-state index contributed by atoms with van der Waals surface area (Å²) in [6, 6.07) is 25.3. The number of esters is 2. The number of aromatic nitrogens is 4. The van der Waals surface area contributed by atoms with Crippen LogP contribution in [0.3, 0.4) is 0 Å². The van der Waals surface area contributed by atoms with Crippen molar-refractivity contribution in [2.45, 2.75) is 20.4 Å². The van der Waals surface area contributed by atoms with Gasteiger partial charge in [0.05, 0.1) is 34.0 Å². The van der Waals surface area contributed by atoms with Crippen LogP contribution >= 0.6 is 31.9 Å². The van der Waals surface area contributed by atoms with E-state index in [1.807, 2.05) is 54.6 Å². The van der Waals surface area contributed by atoms with Gasteiger partial charge in [-0.15, -0.1) is 0 Å². The second-order valence-electron chi connectivity index (χ2n) is 11.7. The number of fused-ring (bicyclic) bond motifs is 2. The number of aromatic amines is 1. The van der Waals surface area contributed by atoms with Crippen molar-refractivity contribution in [3.8, 4) is 34.0 Å². The number of carbonyl (C=O) groups is 2. The number of ether oxygens (including phenoxy) is 4. The third kappa shape index (κ3) is 7.73. The second kappa shape index (κ2) is 17.1. The zero-order valence-electron chi connectivity index (χ0n) is 29.8. The molecule has 0 spiro atoms. The van der Waals surface area contributed by atoms with Crippen molar-refractivity contribution in [1.82, 2.24) is 19.5 Å². The monoisotopic (exact) mass is 856 g/mol. The maximum Gasteiger partial charge on any atom is 0.355 e. The molecule has 0 aliphatic rings. The molecule has 4 heterocycles. The molecule has 0 bridgehead atoms. The Bertz CT molecular complexity index is 2480. The molecule has 13 heteroatoms. The number of nitrogens with one attached hydrogen (secondary N) is 1. The Hall–Kier alpha value is -5.53. The SMILES string of the molecule is CCOC(=O)c1[nH]c2ccc(Br)cc2c1-c1cccnc1OC.CCOC(=O)c1c(-c2cccnc2OC)c2cc(Br)ccc2n1Cc1ccccc1F. The van der Waals surface area contributed by atoms with Gasteiger partial charge in [-0.05, 0) is 80.6 Å². The van der Waals surface area contributed by atoms with E-state index in [4.69, 9.17) is 18.9 Å². The third-order valence-electron chi connectivity index (χ3n) is 8.49. The summed E-state index contributed by atoms with van der Waals surface area (Å²) in [5.41, 5.74) is 5.56. The van der Waals surface area contributed by atoms with Crippen LogP contribution in [0.4, 0.5) is 4.39 Å². The van der Waals surface area contributed by atoms with E-state index in [2.05, 4.69) is 46.8 Å². The fourth-order valence-electron chi connectivity index (χ4n) is 6.26. The molecular weight excluding hydrogens is 823 g/mol. The standard InChI is InChI=1S/C24H20BrFN2O3.C17H15BrN2O3/c1-3-31-24(29)22-21(17-8-6-12-27-23(17)30-2)18-13-16(25)10-11-20(18)28(22)14-15-7-4-5-9-19(15)26;1-3-23-17(21)15-14(11-5-4-8-19-16(11)22-2)12-9-10(18)6-7-13(12)20-15/h4-13H,3,14H2,1-2H3;4-9,20H,3H2,1-2H3. The fourth-order valence-corrected chi connectivity index (χ4v) is 6.98. The minimum Gasteiger partial charge on any atom is -0.481 e. The van der Waals surface area contributed by atoms with Gasteiger partial charge in [0.2, 0.25) is 11.8 Å². The van der Waals surface area contributed by atoms with Gasteiger partial charge in [0.15, 0.2) is 0 Å². The predicted octanol–water partition coefficient (Wildman–Crippen LogP) is 10.0. The lowest BCUT2D eigenvalue weighted by molar-refractivity contribution is 0.0508.